The highest BCUT2D eigenvalue weighted by molar-refractivity contribution is 6.32. The summed E-state index contributed by atoms with van der Waals surface area (Å²) in [7, 11) is 0. The van der Waals surface area contributed by atoms with Crippen molar-refractivity contribution in [1.82, 2.24) is 0 Å². The van der Waals surface area contributed by atoms with Crippen molar-refractivity contribution in [3.05, 3.63) is 112 Å². The van der Waals surface area contributed by atoms with E-state index >= 15 is 0 Å². The highest BCUT2D eigenvalue weighted by atomic mass is 35.5. The van der Waals surface area contributed by atoms with Crippen LogP contribution in [0.4, 0.5) is 8.78 Å². The van der Waals surface area contributed by atoms with Crippen LogP contribution >= 0.6 is 11.6 Å². The average Bonchev–Trinajstić information content (AvgIpc) is 2.83. The van der Waals surface area contributed by atoms with Gasteiger partial charge in [0.1, 0.15) is 5.75 Å². The first-order chi connectivity index (χ1) is 16.3. The van der Waals surface area contributed by atoms with E-state index < -0.39 is 29.1 Å². The van der Waals surface area contributed by atoms with Gasteiger partial charge in [0, 0.05) is 11.1 Å². The van der Waals surface area contributed by atoms with E-state index in [1.807, 2.05) is 0 Å². The van der Waals surface area contributed by atoms with Gasteiger partial charge in [-0.3, -0.25) is 0 Å². The molecule has 0 aromatic heterocycles. The molecule has 0 aliphatic rings. The number of hydrogen-bond donors (Lipinski definition) is 2. The maximum atomic E-state index is 13.6. The van der Waals surface area contributed by atoms with Crippen molar-refractivity contribution < 1.29 is 28.5 Å². The molecule has 0 saturated carbocycles. The molecule has 4 aromatic carbocycles. The SMILES string of the molecule is O=C(Oc1ccc(C#Cc2ccc(O)c(F)c2)cc1Cl)c1ccc(-c2ccc(O)c(F)c2)cc1. The Balaban J connectivity index is 1.46. The van der Waals surface area contributed by atoms with E-state index in [1.165, 1.54) is 48.5 Å². The fourth-order valence-electron chi connectivity index (χ4n) is 3.03. The molecule has 7 heteroatoms. The number of phenols is 2. The first-order valence-electron chi connectivity index (χ1n) is 9.91. The molecule has 0 aliphatic carbocycles. The smallest absolute Gasteiger partial charge is 0.343 e. The van der Waals surface area contributed by atoms with Gasteiger partial charge in [-0.2, -0.15) is 0 Å². The Bertz CT molecular complexity index is 1450. The lowest BCUT2D eigenvalue weighted by Gasteiger charge is -2.08. The first kappa shape index (κ1) is 22.8. The minimum Gasteiger partial charge on any atom is -0.505 e. The fraction of sp³-hybridized carbons (Fsp3) is 0. The quantitative estimate of drug-likeness (QED) is 0.206. The van der Waals surface area contributed by atoms with Crippen molar-refractivity contribution in [3.63, 3.8) is 0 Å². The van der Waals surface area contributed by atoms with Gasteiger partial charge in [0.05, 0.1) is 10.6 Å². The topological polar surface area (TPSA) is 66.8 Å². The summed E-state index contributed by atoms with van der Waals surface area (Å²) in [6.07, 6.45) is 0. The summed E-state index contributed by atoms with van der Waals surface area (Å²) in [6, 6.07) is 18.8. The maximum absolute atomic E-state index is 13.6. The molecule has 0 radical (unpaired) electrons. The Morgan fingerprint density at radius 1 is 0.735 bits per heavy atom. The van der Waals surface area contributed by atoms with Gasteiger partial charge in [-0.15, -0.1) is 0 Å². The molecule has 0 atom stereocenters. The van der Waals surface area contributed by atoms with Crippen molar-refractivity contribution in [2.75, 3.05) is 0 Å². The summed E-state index contributed by atoms with van der Waals surface area (Å²) in [5.41, 5.74) is 2.36. The molecule has 0 heterocycles. The largest absolute Gasteiger partial charge is 0.505 e. The molecule has 0 bridgehead atoms. The monoisotopic (exact) mass is 476 g/mol. The highest BCUT2D eigenvalue weighted by Crippen LogP contribution is 2.28. The number of esters is 1. The van der Waals surface area contributed by atoms with E-state index in [4.69, 9.17) is 16.3 Å². The molecule has 0 unspecified atom stereocenters. The van der Waals surface area contributed by atoms with Crippen molar-refractivity contribution in [3.8, 4) is 40.2 Å². The van der Waals surface area contributed by atoms with Crippen LogP contribution in [0.1, 0.15) is 21.5 Å². The molecule has 0 fully saturated rings. The standard InChI is InChI=1S/C27H15ClF2O4/c28-21-13-16(1-2-17-3-10-24(31)22(29)14-17)4-12-26(21)34-27(33)19-7-5-18(6-8-19)20-9-11-25(32)23(30)15-20/h3-15,31-32H. The van der Waals surface area contributed by atoms with Crippen LogP contribution in [0.15, 0.2) is 78.9 Å². The van der Waals surface area contributed by atoms with Gasteiger partial charge in [-0.1, -0.05) is 41.6 Å². The lowest BCUT2D eigenvalue weighted by Crippen LogP contribution is -2.08. The summed E-state index contributed by atoms with van der Waals surface area (Å²) in [4.78, 5) is 12.5. The Labute approximate surface area is 198 Å². The molecule has 168 valence electrons. The second-order valence-electron chi connectivity index (χ2n) is 7.19. The number of hydrogen-bond acceptors (Lipinski definition) is 4. The minimum absolute atomic E-state index is 0.137. The van der Waals surface area contributed by atoms with E-state index in [0.29, 0.717) is 22.3 Å². The molecule has 4 nitrogen and oxygen atoms in total. The van der Waals surface area contributed by atoms with Gasteiger partial charge in [0.15, 0.2) is 23.1 Å². The number of carbonyl (C=O) groups is 1. The van der Waals surface area contributed by atoms with Crippen molar-refractivity contribution in [2.24, 2.45) is 0 Å². The van der Waals surface area contributed by atoms with Crippen LogP contribution in [0.3, 0.4) is 0 Å². The number of carbonyl (C=O) groups excluding carboxylic acids is 1. The lowest BCUT2D eigenvalue weighted by atomic mass is 10.0. The number of benzene rings is 4. The van der Waals surface area contributed by atoms with Crippen LogP contribution < -0.4 is 4.74 Å². The van der Waals surface area contributed by atoms with Crippen LogP contribution in [-0.2, 0) is 0 Å². The Hall–Kier alpha value is -4.34. The Morgan fingerprint density at radius 2 is 1.29 bits per heavy atom. The van der Waals surface area contributed by atoms with Crippen molar-refractivity contribution >= 4 is 17.6 Å². The van der Waals surface area contributed by atoms with E-state index in [9.17, 15) is 23.8 Å². The molecule has 0 amide bonds. The van der Waals surface area contributed by atoms with Crippen LogP contribution in [0.5, 0.6) is 17.2 Å². The Kier molecular flexibility index (Phi) is 6.48. The lowest BCUT2D eigenvalue weighted by molar-refractivity contribution is 0.0735. The third kappa shape index (κ3) is 5.17. The third-order valence-corrected chi connectivity index (χ3v) is 5.13. The van der Waals surface area contributed by atoms with Crippen LogP contribution in [0.25, 0.3) is 11.1 Å². The van der Waals surface area contributed by atoms with Gasteiger partial charge < -0.3 is 14.9 Å². The normalized spacial score (nSPS) is 10.3. The zero-order chi connectivity index (χ0) is 24.2. The fourth-order valence-corrected chi connectivity index (χ4v) is 3.25. The van der Waals surface area contributed by atoms with E-state index in [2.05, 4.69) is 11.8 Å². The predicted octanol–water partition coefficient (Wildman–Crippen LogP) is 6.32. The summed E-state index contributed by atoms with van der Waals surface area (Å²) < 4.78 is 32.4. The molecule has 2 N–H and O–H groups in total. The summed E-state index contributed by atoms with van der Waals surface area (Å²) >= 11 is 6.23. The zero-order valence-corrected chi connectivity index (χ0v) is 18.1. The van der Waals surface area contributed by atoms with Crippen LogP contribution in [-0.4, -0.2) is 16.2 Å². The second kappa shape index (κ2) is 9.65. The molecule has 0 saturated heterocycles. The van der Waals surface area contributed by atoms with Crippen LogP contribution in [0.2, 0.25) is 5.02 Å². The summed E-state index contributed by atoms with van der Waals surface area (Å²) in [6.45, 7) is 0. The minimum atomic E-state index is -0.768. The van der Waals surface area contributed by atoms with Gasteiger partial charge in [-0.25, -0.2) is 13.6 Å². The average molecular weight is 477 g/mol. The summed E-state index contributed by atoms with van der Waals surface area (Å²) in [5.74, 6) is 2.69. The number of phenolic OH excluding ortho intramolecular Hbond substituents is 2. The van der Waals surface area contributed by atoms with Gasteiger partial charge in [0.2, 0.25) is 0 Å². The van der Waals surface area contributed by atoms with E-state index in [-0.39, 0.29) is 16.3 Å². The highest BCUT2D eigenvalue weighted by Gasteiger charge is 2.12. The Morgan fingerprint density at radius 3 is 1.91 bits per heavy atom. The zero-order valence-electron chi connectivity index (χ0n) is 17.4. The predicted molar refractivity (Wildman–Crippen MR) is 124 cm³/mol. The molecule has 4 rings (SSSR count). The molecule has 0 spiro atoms. The number of rotatable bonds is 3. The van der Waals surface area contributed by atoms with Crippen LogP contribution in [0, 0.1) is 23.5 Å². The van der Waals surface area contributed by atoms with Gasteiger partial charge in [-0.05, 0) is 71.8 Å². The molecule has 4 aromatic rings. The van der Waals surface area contributed by atoms with E-state index in [0.717, 1.165) is 6.07 Å². The van der Waals surface area contributed by atoms with Crippen molar-refractivity contribution in [1.29, 1.82) is 0 Å². The van der Waals surface area contributed by atoms with E-state index in [1.54, 1.807) is 24.3 Å². The number of aromatic hydroxyl groups is 2. The van der Waals surface area contributed by atoms with Crippen molar-refractivity contribution in [2.45, 2.75) is 0 Å². The first-order valence-corrected chi connectivity index (χ1v) is 10.3. The van der Waals surface area contributed by atoms with Gasteiger partial charge in [0.25, 0.3) is 0 Å². The summed E-state index contributed by atoms with van der Waals surface area (Å²) in [5, 5.41) is 18.7. The maximum Gasteiger partial charge on any atom is 0.343 e. The van der Waals surface area contributed by atoms with Gasteiger partial charge >= 0.3 is 5.97 Å². The molecule has 0 aliphatic heterocycles. The molecular weight excluding hydrogens is 462 g/mol. The molecular formula is C27H15ClF2O4. The second-order valence-corrected chi connectivity index (χ2v) is 7.60. The number of ether oxygens (including phenoxy) is 1. The molecule has 34 heavy (non-hydrogen) atoms. The third-order valence-electron chi connectivity index (χ3n) is 4.84. The number of halogens is 3.